The molecule has 1 aromatic rings. The van der Waals surface area contributed by atoms with Gasteiger partial charge in [0.2, 0.25) is 0 Å². The summed E-state index contributed by atoms with van der Waals surface area (Å²) in [6.07, 6.45) is 4.26. The number of morpholine rings is 1. The van der Waals surface area contributed by atoms with Crippen LogP contribution in [0.4, 0.5) is 0 Å². The SMILES string of the molecule is Cc1ccccc1OCC=CCN1CCOCC1. The first-order chi connectivity index (χ1) is 8.86. The lowest BCUT2D eigenvalue weighted by atomic mass is 10.2. The number of hydrogen-bond donors (Lipinski definition) is 0. The maximum absolute atomic E-state index is 5.70. The van der Waals surface area contributed by atoms with Gasteiger partial charge in [0, 0.05) is 19.6 Å². The van der Waals surface area contributed by atoms with E-state index in [1.54, 1.807) is 0 Å². The van der Waals surface area contributed by atoms with E-state index in [-0.39, 0.29) is 0 Å². The number of para-hydroxylation sites is 1. The second kappa shape index (κ2) is 7.19. The fraction of sp³-hybridized carbons (Fsp3) is 0.467. The fourth-order valence-corrected chi connectivity index (χ4v) is 1.93. The number of nitrogens with zero attached hydrogens (tertiary/aromatic N) is 1. The van der Waals surface area contributed by atoms with Crippen LogP contribution in [0.2, 0.25) is 0 Å². The summed E-state index contributed by atoms with van der Waals surface area (Å²) < 4.78 is 11.0. The molecule has 0 radical (unpaired) electrons. The number of benzene rings is 1. The summed E-state index contributed by atoms with van der Waals surface area (Å²) in [5, 5.41) is 0. The third-order valence-electron chi connectivity index (χ3n) is 3.06. The van der Waals surface area contributed by atoms with Crippen molar-refractivity contribution in [2.24, 2.45) is 0 Å². The molecule has 1 aliphatic heterocycles. The van der Waals surface area contributed by atoms with E-state index >= 15 is 0 Å². The predicted molar refractivity (Wildman–Crippen MR) is 73.1 cm³/mol. The largest absolute Gasteiger partial charge is 0.489 e. The van der Waals surface area contributed by atoms with E-state index in [0.29, 0.717) is 6.61 Å². The highest BCUT2D eigenvalue weighted by Crippen LogP contribution is 2.15. The van der Waals surface area contributed by atoms with Gasteiger partial charge in [-0.25, -0.2) is 0 Å². The minimum atomic E-state index is 0.634. The van der Waals surface area contributed by atoms with Crippen LogP contribution >= 0.6 is 0 Å². The molecule has 1 aromatic carbocycles. The molecular formula is C15H21NO2. The Morgan fingerprint density at radius 3 is 2.78 bits per heavy atom. The van der Waals surface area contributed by atoms with Crippen molar-refractivity contribution >= 4 is 0 Å². The molecule has 18 heavy (non-hydrogen) atoms. The Morgan fingerprint density at radius 2 is 2.00 bits per heavy atom. The molecule has 1 heterocycles. The summed E-state index contributed by atoms with van der Waals surface area (Å²) in [7, 11) is 0. The van der Waals surface area contributed by atoms with E-state index in [4.69, 9.17) is 9.47 Å². The Hall–Kier alpha value is -1.32. The molecule has 0 saturated carbocycles. The van der Waals surface area contributed by atoms with Gasteiger partial charge in [0.25, 0.3) is 0 Å². The van der Waals surface area contributed by atoms with Crippen molar-refractivity contribution in [2.75, 3.05) is 39.5 Å². The summed E-state index contributed by atoms with van der Waals surface area (Å²) >= 11 is 0. The van der Waals surface area contributed by atoms with Crippen molar-refractivity contribution in [3.8, 4) is 5.75 Å². The van der Waals surface area contributed by atoms with Crippen molar-refractivity contribution in [3.05, 3.63) is 42.0 Å². The lowest BCUT2D eigenvalue weighted by molar-refractivity contribution is 0.0434. The molecule has 1 fully saturated rings. The van der Waals surface area contributed by atoms with Gasteiger partial charge in [-0.15, -0.1) is 0 Å². The normalized spacial score (nSPS) is 17.2. The van der Waals surface area contributed by atoms with Crippen molar-refractivity contribution in [1.82, 2.24) is 4.90 Å². The molecule has 1 saturated heterocycles. The van der Waals surface area contributed by atoms with Crippen molar-refractivity contribution < 1.29 is 9.47 Å². The second-order valence-corrected chi connectivity index (χ2v) is 4.46. The van der Waals surface area contributed by atoms with Gasteiger partial charge in [-0.1, -0.05) is 30.4 Å². The molecule has 1 aliphatic rings. The zero-order chi connectivity index (χ0) is 12.6. The monoisotopic (exact) mass is 247 g/mol. The Kier molecular flexibility index (Phi) is 5.24. The lowest BCUT2D eigenvalue weighted by Crippen LogP contribution is -2.36. The first-order valence-electron chi connectivity index (χ1n) is 6.50. The van der Waals surface area contributed by atoms with Gasteiger partial charge in [0.1, 0.15) is 12.4 Å². The minimum Gasteiger partial charge on any atom is -0.489 e. The van der Waals surface area contributed by atoms with E-state index in [9.17, 15) is 0 Å². The summed E-state index contributed by atoms with van der Waals surface area (Å²) in [6.45, 7) is 7.45. The topological polar surface area (TPSA) is 21.7 Å². The zero-order valence-corrected chi connectivity index (χ0v) is 11.0. The van der Waals surface area contributed by atoms with E-state index in [2.05, 4.69) is 30.0 Å². The molecule has 0 aromatic heterocycles. The third kappa shape index (κ3) is 4.17. The highest BCUT2D eigenvalue weighted by molar-refractivity contribution is 5.31. The van der Waals surface area contributed by atoms with E-state index in [0.717, 1.165) is 38.6 Å². The molecule has 0 unspecified atom stereocenters. The van der Waals surface area contributed by atoms with Crippen LogP contribution in [0.1, 0.15) is 5.56 Å². The van der Waals surface area contributed by atoms with Crippen LogP contribution in [0.25, 0.3) is 0 Å². The van der Waals surface area contributed by atoms with Gasteiger partial charge in [-0.05, 0) is 18.6 Å². The average Bonchev–Trinajstić information content (AvgIpc) is 2.42. The second-order valence-electron chi connectivity index (χ2n) is 4.46. The molecule has 3 nitrogen and oxygen atoms in total. The number of rotatable bonds is 5. The molecule has 0 bridgehead atoms. The highest BCUT2D eigenvalue weighted by atomic mass is 16.5. The van der Waals surface area contributed by atoms with Crippen LogP contribution in [-0.2, 0) is 4.74 Å². The number of hydrogen-bond acceptors (Lipinski definition) is 3. The van der Waals surface area contributed by atoms with Gasteiger partial charge >= 0.3 is 0 Å². The molecule has 0 aliphatic carbocycles. The number of aryl methyl sites for hydroxylation is 1. The number of ether oxygens (including phenoxy) is 2. The molecule has 3 heteroatoms. The Morgan fingerprint density at radius 1 is 1.22 bits per heavy atom. The van der Waals surface area contributed by atoms with Gasteiger partial charge in [0.15, 0.2) is 0 Å². The molecule has 0 atom stereocenters. The summed E-state index contributed by atoms with van der Waals surface area (Å²) in [6, 6.07) is 8.09. The van der Waals surface area contributed by atoms with E-state index < -0.39 is 0 Å². The summed E-state index contributed by atoms with van der Waals surface area (Å²) in [5.41, 5.74) is 1.18. The Bertz CT molecular complexity index is 384. The van der Waals surface area contributed by atoms with Gasteiger partial charge in [-0.2, -0.15) is 0 Å². The summed E-state index contributed by atoms with van der Waals surface area (Å²) in [4.78, 5) is 2.38. The lowest BCUT2D eigenvalue weighted by Gasteiger charge is -2.25. The van der Waals surface area contributed by atoms with Gasteiger partial charge < -0.3 is 9.47 Å². The molecule has 98 valence electrons. The molecule has 0 spiro atoms. The van der Waals surface area contributed by atoms with Crippen LogP contribution in [-0.4, -0.2) is 44.4 Å². The molecular weight excluding hydrogens is 226 g/mol. The predicted octanol–water partition coefficient (Wildman–Crippen LogP) is 2.26. The molecule has 2 rings (SSSR count). The summed E-state index contributed by atoms with van der Waals surface area (Å²) in [5.74, 6) is 0.966. The van der Waals surface area contributed by atoms with Crippen molar-refractivity contribution in [2.45, 2.75) is 6.92 Å². The quantitative estimate of drug-likeness (QED) is 0.745. The average molecular weight is 247 g/mol. The molecule has 0 amide bonds. The van der Waals surface area contributed by atoms with Crippen LogP contribution in [0.3, 0.4) is 0 Å². The van der Waals surface area contributed by atoms with Crippen LogP contribution in [0, 0.1) is 6.92 Å². The first-order valence-corrected chi connectivity index (χ1v) is 6.50. The van der Waals surface area contributed by atoms with Gasteiger partial charge in [-0.3, -0.25) is 4.90 Å². The molecule has 0 N–H and O–H groups in total. The smallest absolute Gasteiger partial charge is 0.122 e. The van der Waals surface area contributed by atoms with Crippen LogP contribution in [0.15, 0.2) is 36.4 Å². The maximum atomic E-state index is 5.70. The van der Waals surface area contributed by atoms with E-state index in [1.807, 2.05) is 18.2 Å². The zero-order valence-electron chi connectivity index (χ0n) is 11.0. The van der Waals surface area contributed by atoms with E-state index in [1.165, 1.54) is 5.56 Å². The highest BCUT2D eigenvalue weighted by Gasteiger charge is 2.07. The van der Waals surface area contributed by atoms with Crippen LogP contribution in [0.5, 0.6) is 5.75 Å². The fourth-order valence-electron chi connectivity index (χ4n) is 1.93. The standard InChI is InChI=1S/C15H21NO2/c1-14-6-2-3-7-15(14)18-11-5-4-8-16-9-12-17-13-10-16/h2-7H,8-13H2,1H3. The van der Waals surface area contributed by atoms with Crippen molar-refractivity contribution in [1.29, 1.82) is 0 Å². The Balaban J connectivity index is 1.67. The van der Waals surface area contributed by atoms with Gasteiger partial charge in [0.05, 0.1) is 13.2 Å². The maximum Gasteiger partial charge on any atom is 0.122 e. The minimum absolute atomic E-state index is 0.634. The Labute approximate surface area is 109 Å². The first kappa shape index (κ1) is 13.1. The van der Waals surface area contributed by atoms with Crippen molar-refractivity contribution in [3.63, 3.8) is 0 Å². The van der Waals surface area contributed by atoms with Crippen LogP contribution < -0.4 is 4.74 Å². The third-order valence-corrected chi connectivity index (χ3v) is 3.06.